The zero-order chi connectivity index (χ0) is 8.36. The van der Waals surface area contributed by atoms with Crippen LogP contribution in [0.5, 0.6) is 0 Å². The maximum Gasteiger partial charge on any atom is 0.394 e. The summed E-state index contributed by atoms with van der Waals surface area (Å²) in [5.41, 5.74) is 0. The number of hydrogen-bond acceptors (Lipinski definition) is 0. The first-order valence-electron chi connectivity index (χ1n) is 3.02. The van der Waals surface area contributed by atoms with E-state index < -0.39 is 24.7 Å². The molecule has 0 bridgehead atoms. The fraction of sp³-hybridized carbons (Fsp3) is 1.00. The predicted octanol–water partition coefficient (Wildman–Crippen LogP) is 2.79. The van der Waals surface area contributed by atoms with E-state index in [1.54, 1.807) is 0 Å². The molecule has 0 nitrogen and oxygen atoms in total. The summed E-state index contributed by atoms with van der Waals surface area (Å²) in [6.45, 7) is 1.40. The summed E-state index contributed by atoms with van der Waals surface area (Å²) in [5.74, 6) is -2.47. The Bertz CT molecular complexity index is 94.4. The highest BCUT2D eigenvalue weighted by Crippen LogP contribution is 2.31. The van der Waals surface area contributed by atoms with Gasteiger partial charge < -0.3 is 0 Å². The fourth-order valence-corrected chi connectivity index (χ4v) is 0.644. The molecule has 1 atom stereocenters. The van der Waals surface area contributed by atoms with Crippen molar-refractivity contribution >= 4 is 0 Å². The van der Waals surface area contributed by atoms with Crippen LogP contribution in [0.1, 0.15) is 13.8 Å². The van der Waals surface area contributed by atoms with E-state index in [1.807, 2.05) is 0 Å². The van der Waals surface area contributed by atoms with E-state index in [9.17, 15) is 17.6 Å². The summed E-state index contributed by atoms with van der Waals surface area (Å²) in [6, 6.07) is 0. The number of alkyl halides is 4. The highest BCUT2D eigenvalue weighted by molar-refractivity contribution is 4.69. The minimum absolute atomic E-state index is 0.676. The smallest absolute Gasteiger partial charge is 0.250 e. The zero-order valence-corrected chi connectivity index (χ0v) is 5.87. The Hall–Kier alpha value is -0.280. The minimum Gasteiger partial charge on any atom is -0.250 e. The van der Waals surface area contributed by atoms with Crippen molar-refractivity contribution in [3.63, 3.8) is 0 Å². The lowest BCUT2D eigenvalue weighted by Crippen LogP contribution is -2.29. The second kappa shape index (κ2) is 3.21. The van der Waals surface area contributed by atoms with Gasteiger partial charge >= 0.3 is 6.18 Å². The Morgan fingerprint density at radius 1 is 1.20 bits per heavy atom. The first-order chi connectivity index (χ1) is 4.39. The Morgan fingerprint density at radius 2 is 1.60 bits per heavy atom. The molecular formula is C6H10F4. The Kier molecular flexibility index (Phi) is 3.12. The molecule has 0 aliphatic rings. The van der Waals surface area contributed by atoms with Gasteiger partial charge in [0, 0.05) is 0 Å². The molecule has 62 valence electrons. The Labute approximate surface area is 57.2 Å². The van der Waals surface area contributed by atoms with Gasteiger partial charge in [0.05, 0.1) is 5.92 Å². The van der Waals surface area contributed by atoms with E-state index in [0.29, 0.717) is 0 Å². The topological polar surface area (TPSA) is 0 Å². The SMILES string of the molecule is CC(C)C(CF)C(F)(F)F. The minimum atomic E-state index is -4.39. The second-order valence-corrected chi connectivity index (χ2v) is 2.55. The molecule has 0 aromatic carbocycles. The third-order valence-corrected chi connectivity index (χ3v) is 1.39. The average Bonchev–Trinajstić information content (AvgIpc) is 1.60. The third-order valence-electron chi connectivity index (χ3n) is 1.39. The van der Waals surface area contributed by atoms with Gasteiger partial charge in [0.15, 0.2) is 0 Å². The molecule has 0 amide bonds. The molecule has 0 N–H and O–H groups in total. The van der Waals surface area contributed by atoms with E-state index >= 15 is 0 Å². The molecule has 0 aromatic heterocycles. The molecule has 0 heterocycles. The van der Waals surface area contributed by atoms with E-state index in [2.05, 4.69) is 0 Å². The number of hydrogen-bond donors (Lipinski definition) is 0. The lowest BCUT2D eigenvalue weighted by atomic mass is 9.97. The maximum atomic E-state index is 11.7. The van der Waals surface area contributed by atoms with Crippen molar-refractivity contribution in [3.8, 4) is 0 Å². The summed E-state index contributed by atoms with van der Waals surface area (Å²) in [4.78, 5) is 0. The van der Waals surface area contributed by atoms with Gasteiger partial charge in [-0.1, -0.05) is 13.8 Å². The lowest BCUT2D eigenvalue weighted by molar-refractivity contribution is -0.189. The Morgan fingerprint density at radius 3 is 1.60 bits per heavy atom. The largest absolute Gasteiger partial charge is 0.394 e. The first kappa shape index (κ1) is 9.72. The molecule has 0 fully saturated rings. The summed E-state index contributed by atoms with van der Waals surface area (Å²) in [6.07, 6.45) is -4.39. The van der Waals surface area contributed by atoms with Gasteiger partial charge in [-0.3, -0.25) is 4.39 Å². The van der Waals surface area contributed by atoms with E-state index in [4.69, 9.17) is 0 Å². The zero-order valence-electron chi connectivity index (χ0n) is 5.87. The van der Waals surface area contributed by atoms with Gasteiger partial charge in [0.2, 0.25) is 0 Å². The second-order valence-electron chi connectivity index (χ2n) is 2.55. The van der Waals surface area contributed by atoms with Crippen LogP contribution in [0.15, 0.2) is 0 Å². The van der Waals surface area contributed by atoms with E-state index in [-0.39, 0.29) is 0 Å². The molecule has 0 spiro atoms. The van der Waals surface area contributed by atoms with Crippen molar-refractivity contribution in [2.75, 3.05) is 6.67 Å². The van der Waals surface area contributed by atoms with Crippen molar-refractivity contribution in [2.24, 2.45) is 11.8 Å². The molecule has 0 aliphatic carbocycles. The van der Waals surface area contributed by atoms with Crippen LogP contribution in [-0.4, -0.2) is 12.9 Å². The van der Waals surface area contributed by atoms with E-state index in [0.717, 1.165) is 0 Å². The maximum absolute atomic E-state index is 11.7. The quantitative estimate of drug-likeness (QED) is 0.542. The highest BCUT2D eigenvalue weighted by atomic mass is 19.4. The van der Waals surface area contributed by atoms with Gasteiger partial charge in [-0.2, -0.15) is 13.2 Å². The monoisotopic (exact) mass is 158 g/mol. The van der Waals surface area contributed by atoms with Crippen LogP contribution in [0.25, 0.3) is 0 Å². The summed E-state index contributed by atoms with van der Waals surface area (Å²) in [7, 11) is 0. The van der Waals surface area contributed by atoms with Gasteiger partial charge in [-0.05, 0) is 5.92 Å². The third kappa shape index (κ3) is 2.54. The molecule has 0 saturated carbocycles. The van der Waals surface area contributed by atoms with Crippen LogP contribution < -0.4 is 0 Å². The van der Waals surface area contributed by atoms with Crippen LogP contribution in [0, 0.1) is 11.8 Å². The van der Waals surface area contributed by atoms with E-state index in [1.165, 1.54) is 13.8 Å². The fourth-order valence-electron chi connectivity index (χ4n) is 0.644. The van der Waals surface area contributed by atoms with Crippen molar-refractivity contribution < 1.29 is 17.6 Å². The van der Waals surface area contributed by atoms with Gasteiger partial charge in [0.1, 0.15) is 6.67 Å². The van der Waals surface area contributed by atoms with Crippen LogP contribution in [0.4, 0.5) is 17.6 Å². The molecular weight excluding hydrogens is 148 g/mol. The molecule has 0 aliphatic heterocycles. The van der Waals surface area contributed by atoms with Gasteiger partial charge in [-0.25, -0.2) is 0 Å². The standard InChI is InChI=1S/C6H10F4/c1-4(2)5(3-7)6(8,9)10/h4-5H,3H2,1-2H3. The normalized spacial score (nSPS) is 15.9. The number of rotatable bonds is 2. The molecule has 0 rings (SSSR count). The molecule has 4 heteroatoms. The summed E-state index contributed by atoms with van der Waals surface area (Å²) >= 11 is 0. The van der Waals surface area contributed by atoms with Crippen LogP contribution in [-0.2, 0) is 0 Å². The van der Waals surface area contributed by atoms with Crippen molar-refractivity contribution in [3.05, 3.63) is 0 Å². The molecule has 1 unspecified atom stereocenters. The van der Waals surface area contributed by atoms with Crippen molar-refractivity contribution in [1.29, 1.82) is 0 Å². The summed E-state index contributed by atoms with van der Waals surface area (Å²) in [5, 5.41) is 0. The van der Waals surface area contributed by atoms with Crippen LogP contribution in [0.3, 0.4) is 0 Å². The first-order valence-corrected chi connectivity index (χ1v) is 3.02. The Balaban J connectivity index is 4.07. The molecule has 0 radical (unpaired) electrons. The summed E-state index contributed by atoms with van der Waals surface area (Å²) < 4.78 is 46.9. The number of halogens is 4. The van der Waals surface area contributed by atoms with Crippen molar-refractivity contribution in [1.82, 2.24) is 0 Å². The van der Waals surface area contributed by atoms with Crippen LogP contribution >= 0.6 is 0 Å². The van der Waals surface area contributed by atoms with Crippen LogP contribution in [0.2, 0.25) is 0 Å². The molecule has 0 saturated heterocycles. The van der Waals surface area contributed by atoms with Gasteiger partial charge in [0.25, 0.3) is 0 Å². The lowest BCUT2D eigenvalue weighted by Gasteiger charge is -2.19. The predicted molar refractivity (Wildman–Crippen MR) is 30.4 cm³/mol. The molecule has 0 aromatic rings. The average molecular weight is 158 g/mol. The molecule has 10 heavy (non-hydrogen) atoms. The van der Waals surface area contributed by atoms with Crippen molar-refractivity contribution in [2.45, 2.75) is 20.0 Å². The highest BCUT2D eigenvalue weighted by Gasteiger charge is 2.41. The van der Waals surface area contributed by atoms with Gasteiger partial charge in [-0.15, -0.1) is 0 Å².